The van der Waals surface area contributed by atoms with E-state index in [1.165, 1.54) is 0 Å². The number of amides is 1. The Kier molecular flexibility index (Phi) is 7.18. The Labute approximate surface area is 159 Å². The van der Waals surface area contributed by atoms with Crippen molar-refractivity contribution < 1.29 is 36.3 Å². The van der Waals surface area contributed by atoms with E-state index in [-0.39, 0.29) is 18.7 Å². The normalized spacial score (nSPS) is 15.2. The fourth-order valence-corrected chi connectivity index (χ4v) is 3.04. The average Bonchev–Trinajstić information content (AvgIpc) is 2.62. The summed E-state index contributed by atoms with van der Waals surface area (Å²) in [5.74, 6) is -14.1. The number of esters is 1. The van der Waals surface area contributed by atoms with Crippen LogP contribution >= 0.6 is 22.6 Å². The Morgan fingerprint density at radius 2 is 1.42 bits per heavy atom. The Morgan fingerprint density at radius 1 is 0.923 bits per heavy atom. The molecule has 1 saturated heterocycles. The third-order valence-electron chi connectivity index (χ3n) is 3.93. The number of piperidine rings is 1. The fraction of sp³-hybridized carbons (Fsp3) is 0.500. The van der Waals surface area contributed by atoms with Gasteiger partial charge in [-0.05, 0) is 19.3 Å². The number of hydrogen-bond acceptors (Lipinski definition) is 3. The van der Waals surface area contributed by atoms with Gasteiger partial charge in [0.15, 0.2) is 0 Å². The van der Waals surface area contributed by atoms with E-state index in [0.29, 0.717) is 17.0 Å². The Morgan fingerprint density at radius 3 is 1.96 bits per heavy atom. The van der Waals surface area contributed by atoms with Crippen LogP contribution in [0.15, 0.2) is 0 Å². The minimum Gasteiger partial charge on any atom is -0.420 e. The van der Waals surface area contributed by atoms with Crippen molar-refractivity contribution in [3.63, 3.8) is 0 Å². The zero-order chi connectivity index (χ0) is 19.4. The summed E-state index contributed by atoms with van der Waals surface area (Å²) in [6.45, 7) is 1.25. The Bertz CT molecular complexity index is 679. The summed E-state index contributed by atoms with van der Waals surface area (Å²) in [5, 5.41) is 0. The minimum absolute atomic E-state index is 0.0259. The molecule has 10 heteroatoms. The molecule has 1 amide bonds. The smallest absolute Gasteiger partial charge is 0.311 e. The van der Waals surface area contributed by atoms with Crippen molar-refractivity contribution in [1.29, 1.82) is 0 Å². The molecule has 2 rings (SSSR count). The van der Waals surface area contributed by atoms with Crippen LogP contribution in [-0.2, 0) is 9.59 Å². The molecule has 26 heavy (non-hydrogen) atoms. The van der Waals surface area contributed by atoms with Gasteiger partial charge < -0.3 is 9.64 Å². The zero-order valence-electron chi connectivity index (χ0n) is 13.5. The van der Waals surface area contributed by atoms with E-state index in [9.17, 15) is 31.5 Å². The minimum atomic E-state index is -2.33. The predicted molar refractivity (Wildman–Crippen MR) is 89.3 cm³/mol. The highest BCUT2D eigenvalue weighted by atomic mass is 127. The van der Waals surface area contributed by atoms with Gasteiger partial charge in [0.2, 0.25) is 40.7 Å². The second-order valence-corrected chi connectivity index (χ2v) is 7.54. The van der Waals surface area contributed by atoms with Crippen LogP contribution in [0.1, 0.15) is 32.1 Å². The number of benzene rings is 1. The molecule has 1 aromatic rings. The predicted octanol–water partition coefficient (Wildman–Crippen LogP) is 3.88. The van der Waals surface area contributed by atoms with Gasteiger partial charge >= 0.3 is 5.97 Å². The lowest BCUT2D eigenvalue weighted by Gasteiger charge is -2.29. The van der Waals surface area contributed by atoms with Crippen LogP contribution < -0.4 is 4.74 Å². The largest absolute Gasteiger partial charge is 0.420 e. The molecule has 144 valence electrons. The molecule has 0 spiro atoms. The summed E-state index contributed by atoms with van der Waals surface area (Å²) in [7, 11) is 0. The maximum atomic E-state index is 13.4. The lowest BCUT2D eigenvalue weighted by atomic mass is 10.1. The number of hydrogen-bond donors (Lipinski definition) is 0. The van der Waals surface area contributed by atoms with E-state index in [4.69, 9.17) is 0 Å². The number of ether oxygens (including phenoxy) is 1. The molecule has 0 radical (unpaired) electrons. The van der Waals surface area contributed by atoms with E-state index in [1.54, 1.807) is 4.90 Å². The van der Waals surface area contributed by atoms with E-state index < -0.39 is 47.2 Å². The lowest BCUT2D eigenvalue weighted by Crippen LogP contribution is -2.38. The summed E-state index contributed by atoms with van der Waals surface area (Å²) in [6, 6.07) is 0. The monoisotopic (exact) mass is 491 g/mol. The summed E-state index contributed by atoms with van der Waals surface area (Å²) >= 11 is 2.31. The van der Waals surface area contributed by atoms with Gasteiger partial charge in [0.05, 0.1) is 0 Å². The van der Waals surface area contributed by atoms with Crippen LogP contribution in [0.25, 0.3) is 0 Å². The van der Waals surface area contributed by atoms with Crippen LogP contribution in [0.3, 0.4) is 0 Å². The fourth-order valence-electron chi connectivity index (χ4n) is 2.48. The first-order valence-electron chi connectivity index (χ1n) is 7.86. The summed E-state index contributed by atoms with van der Waals surface area (Å²) in [5.41, 5.74) is 0. The molecule has 0 N–H and O–H groups in total. The molecule has 0 saturated carbocycles. The lowest BCUT2D eigenvalue weighted by molar-refractivity contribution is -0.135. The van der Waals surface area contributed by atoms with E-state index >= 15 is 0 Å². The van der Waals surface area contributed by atoms with Crippen LogP contribution in [0, 0.1) is 29.1 Å². The van der Waals surface area contributed by atoms with E-state index in [0.717, 1.165) is 12.8 Å². The number of carbonyl (C=O) groups excluding carboxylic acids is 2. The molecule has 0 aromatic heterocycles. The van der Waals surface area contributed by atoms with Gasteiger partial charge in [-0.1, -0.05) is 22.6 Å². The molecule has 1 heterocycles. The van der Waals surface area contributed by atoms with Crippen LogP contribution in [0.5, 0.6) is 5.75 Å². The molecule has 1 fully saturated rings. The van der Waals surface area contributed by atoms with Gasteiger partial charge in [0, 0.05) is 29.9 Å². The zero-order valence-corrected chi connectivity index (χ0v) is 15.6. The third-order valence-corrected chi connectivity index (χ3v) is 5.18. The average molecular weight is 491 g/mol. The topological polar surface area (TPSA) is 46.6 Å². The van der Waals surface area contributed by atoms with Gasteiger partial charge in [0.1, 0.15) is 0 Å². The molecule has 0 atom stereocenters. The molecule has 4 nitrogen and oxygen atoms in total. The number of carbonyl (C=O) groups is 2. The molecular formula is C16H15F5INO3. The standard InChI is InChI=1S/C16H15F5INO3/c17-11-12(18)14(20)16(15(21)13(11)19)26-10(25)3-1-2-9(24)23-6-4-8(22)5-7-23/h8H,1-7H2. The first-order chi connectivity index (χ1) is 12.2. The van der Waals surface area contributed by atoms with Gasteiger partial charge in [-0.15, -0.1) is 0 Å². The Balaban J connectivity index is 1.87. The molecule has 1 aliphatic heterocycles. The first kappa shape index (κ1) is 20.8. The first-order valence-corrected chi connectivity index (χ1v) is 9.10. The van der Waals surface area contributed by atoms with Crippen molar-refractivity contribution in [3.8, 4) is 5.75 Å². The highest BCUT2D eigenvalue weighted by Gasteiger charge is 2.28. The molecule has 0 aliphatic carbocycles. The SMILES string of the molecule is O=C(CCCC(=O)N1CCC(I)CC1)Oc1c(F)c(F)c(F)c(F)c1F. The molecular weight excluding hydrogens is 476 g/mol. The van der Waals surface area contributed by atoms with Crippen LogP contribution in [0.4, 0.5) is 22.0 Å². The highest BCUT2D eigenvalue weighted by molar-refractivity contribution is 14.1. The van der Waals surface area contributed by atoms with Gasteiger partial charge in [-0.25, -0.2) is 13.2 Å². The number of likely N-dealkylation sites (tertiary alicyclic amines) is 1. The van der Waals surface area contributed by atoms with Crippen LogP contribution in [-0.4, -0.2) is 33.8 Å². The summed E-state index contributed by atoms with van der Waals surface area (Å²) in [4.78, 5) is 25.3. The molecule has 1 aromatic carbocycles. The molecule has 0 unspecified atom stereocenters. The number of halogens is 6. The van der Waals surface area contributed by atoms with Crippen molar-refractivity contribution in [3.05, 3.63) is 29.1 Å². The van der Waals surface area contributed by atoms with Gasteiger partial charge in [0.25, 0.3) is 0 Å². The summed E-state index contributed by atoms with van der Waals surface area (Å²) < 4.78 is 70.6. The maximum Gasteiger partial charge on any atom is 0.311 e. The second-order valence-electron chi connectivity index (χ2n) is 5.78. The van der Waals surface area contributed by atoms with Gasteiger partial charge in [-0.3, -0.25) is 9.59 Å². The van der Waals surface area contributed by atoms with Crippen molar-refractivity contribution in [1.82, 2.24) is 4.90 Å². The Hall–Kier alpha value is -1.46. The summed E-state index contributed by atoms with van der Waals surface area (Å²) in [6.07, 6.45) is 1.44. The number of rotatable bonds is 5. The second kappa shape index (κ2) is 8.96. The van der Waals surface area contributed by atoms with Gasteiger partial charge in [-0.2, -0.15) is 8.78 Å². The maximum absolute atomic E-state index is 13.4. The number of alkyl halides is 1. The third kappa shape index (κ3) is 4.83. The van der Waals surface area contributed by atoms with Crippen molar-refractivity contribution in [2.45, 2.75) is 36.0 Å². The van der Waals surface area contributed by atoms with Crippen molar-refractivity contribution >= 4 is 34.5 Å². The highest BCUT2D eigenvalue weighted by Crippen LogP contribution is 2.29. The quantitative estimate of drug-likeness (QED) is 0.120. The number of nitrogens with zero attached hydrogens (tertiary/aromatic N) is 1. The van der Waals surface area contributed by atoms with E-state index in [1.807, 2.05) is 0 Å². The van der Waals surface area contributed by atoms with E-state index in [2.05, 4.69) is 27.3 Å². The van der Waals surface area contributed by atoms with Crippen LogP contribution in [0.2, 0.25) is 0 Å². The van der Waals surface area contributed by atoms with Crippen molar-refractivity contribution in [2.75, 3.05) is 13.1 Å². The van der Waals surface area contributed by atoms with Crippen molar-refractivity contribution in [2.24, 2.45) is 0 Å². The molecule has 1 aliphatic rings. The molecule has 0 bridgehead atoms.